The van der Waals surface area contributed by atoms with Gasteiger partial charge in [-0.3, -0.25) is 14.5 Å². The lowest BCUT2D eigenvalue weighted by Crippen LogP contribution is -2.48. The molecular formula is C11H20F3N3O2. The van der Waals surface area contributed by atoms with Gasteiger partial charge in [-0.1, -0.05) is 6.92 Å². The minimum absolute atomic E-state index is 0.185. The Morgan fingerprint density at radius 1 is 1.21 bits per heavy atom. The Bertz CT molecular complexity index is 321. The van der Waals surface area contributed by atoms with Crippen LogP contribution >= 0.6 is 0 Å². The second-order valence-corrected chi connectivity index (χ2v) is 4.46. The second kappa shape index (κ2) is 7.32. The monoisotopic (exact) mass is 283 g/mol. The summed E-state index contributed by atoms with van der Waals surface area (Å²) < 4.78 is 35.9. The van der Waals surface area contributed by atoms with Crippen molar-refractivity contribution in [1.82, 2.24) is 15.5 Å². The van der Waals surface area contributed by atoms with Crippen LogP contribution in [0.3, 0.4) is 0 Å². The van der Waals surface area contributed by atoms with Crippen LogP contribution in [-0.4, -0.2) is 56.1 Å². The third-order valence-electron chi connectivity index (χ3n) is 2.76. The van der Waals surface area contributed by atoms with E-state index in [1.807, 2.05) is 5.32 Å². The number of hydrogen-bond donors (Lipinski definition) is 2. The van der Waals surface area contributed by atoms with Gasteiger partial charge in [-0.15, -0.1) is 0 Å². The van der Waals surface area contributed by atoms with Crippen molar-refractivity contribution >= 4 is 11.8 Å². The first-order chi connectivity index (χ1) is 8.58. The number of halogens is 3. The topological polar surface area (TPSA) is 61.4 Å². The molecule has 5 nitrogen and oxygen atoms in total. The van der Waals surface area contributed by atoms with E-state index in [0.29, 0.717) is 0 Å². The summed E-state index contributed by atoms with van der Waals surface area (Å²) in [7, 11) is 3.08. The molecule has 0 radical (unpaired) electrons. The lowest BCUT2D eigenvalue weighted by molar-refractivity contribution is -0.141. The number of amides is 2. The van der Waals surface area contributed by atoms with Gasteiger partial charge in [0.1, 0.15) is 6.54 Å². The van der Waals surface area contributed by atoms with Gasteiger partial charge in [-0.2, -0.15) is 13.2 Å². The number of nitrogens with zero attached hydrogens (tertiary/aromatic N) is 1. The molecule has 0 saturated heterocycles. The van der Waals surface area contributed by atoms with Gasteiger partial charge in [0.15, 0.2) is 0 Å². The van der Waals surface area contributed by atoms with Crippen LogP contribution in [0.15, 0.2) is 0 Å². The Labute approximate surface area is 110 Å². The Kier molecular flexibility index (Phi) is 6.82. The summed E-state index contributed by atoms with van der Waals surface area (Å²) in [5.41, 5.74) is 0. The minimum Gasteiger partial charge on any atom is -0.359 e. The van der Waals surface area contributed by atoms with Crippen molar-refractivity contribution in [1.29, 1.82) is 0 Å². The molecule has 2 N–H and O–H groups in total. The largest absolute Gasteiger partial charge is 0.405 e. The highest BCUT2D eigenvalue weighted by Crippen LogP contribution is 2.12. The lowest BCUT2D eigenvalue weighted by atomic mass is 10.1. The average Bonchev–Trinajstić information content (AvgIpc) is 2.32. The van der Waals surface area contributed by atoms with E-state index in [-0.39, 0.29) is 18.4 Å². The summed E-state index contributed by atoms with van der Waals surface area (Å²) in [5.74, 6) is -1.26. The maximum Gasteiger partial charge on any atom is 0.405 e. The van der Waals surface area contributed by atoms with Gasteiger partial charge in [-0.05, 0) is 14.0 Å². The molecule has 2 atom stereocenters. The molecule has 2 amide bonds. The lowest BCUT2D eigenvalue weighted by Gasteiger charge is -2.26. The van der Waals surface area contributed by atoms with E-state index < -0.39 is 24.7 Å². The van der Waals surface area contributed by atoms with Gasteiger partial charge < -0.3 is 10.6 Å². The molecule has 0 unspecified atom stereocenters. The van der Waals surface area contributed by atoms with Crippen LogP contribution in [-0.2, 0) is 9.59 Å². The Hall–Kier alpha value is -1.31. The molecule has 0 fully saturated rings. The first kappa shape index (κ1) is 17.7. The molecule has 0 aliphatic heterocycles. The first-order valence-electron chi connectivity index (χ1n) is 5.84. The third-order valence-corrected chi connectivity index (χ3v) is 2.76. The van der Waals surface area contributed by atoms with Gasteiger partial charge in [0.05, 0.1) is 6.04 Å². The number of alkyl halides is 3. The normalized spacial score (nSPS) is 14.9. The van der Waals surface area contributed by atoms with Crippen molar-refractivity contribution < 1.29 is 22.8 Å². The number of hydrogen-bond acceptors (Lipinski definition) is 3. The molecule has 0 rings (SSSR count). The van der Waals surface area contributed by atoms with Crippen LogP contribution in [0, 0.1) is 5.92 Å². The molecule has 8 heteroatoms. The van der Waals surface area contributed by atoms with Crippen molar-refractivity contribution in [3.63, 3.8) is 0 Å². The Balaban J connectivity index is 4.28. The van der Waals surface area contributed by atoms with Crippen molar-refractivity contribution in [2.24, 2.45) is 5.92 Å². The minimum atomic E-state index is -4.43. The Morgan fingerprint density at radius 2 is 1.74 bits per heavy atom. The smallest absolute Gasteiger partial charge is 0.359 e. The summed E-state index contributed by atoms with van der Waals surface area (Å²) in [5, 5.41) is 4.28. The number of carbonyl (C=O) groups excluding carboxylic acids is 2. The maximum atomic E-state index is 12.0. The van der Waals surface area contributed by atoms with Crippen molar-refractivity contribution in [2.75, 3.05) is 27.2 Å². The first-order valence-corrected chi connectivity index (χ1v) is 5.84. The van der Waals surface area contributed by atoms with Gasteiger partial charge in [0, 0.05) is 19.5 Å². The Morgan fingerprint density at radius 3 is 2.16 bits per heavy atom. The molecule has 0 aromatic heterocycles. The molecule has 0 aromatic rings. The molecule has 19 heavy (non-hydrogen) atoms. The molecule has 0 aliphatic carbocycles. The highest BCUT2D eigenvalue weighted by molar-refractivity contribution is 5.81. The SMILES string of the molecule is CNC(=O)[C@@H](C)CN(C)[C@H](C)C(=O)NCC(F)(F)F. The van der Waals surface area contributed by atoms with E-state index in [9.17, 15) is 22.8 Å². The predicted octanol–water partition coefficient (Wildman–Crippen LogP) is 0.367. The van der Waals surface area contributed by atoms with E-state index in [2.05, 4.69) is 5.32 Å². The molecule has 0 aliphatic rings. The van der Waals surface area contributed by atoms with E-state index in [1.165, 1.54) is 18.9 Å². The molecule has 0 bridgehead atoms. The number of nitrogens with one attached hydrogen (secondary N) is 2. The quantitative estimate of drug-likeness (QED) is 0.740. The van der Waals surface area contributed by atoms with Gasteiger partial charge in [0.2, 0.25) is 11.8 Å². The van der Waals surface area contributed by atoms with E-state index >= 15 is 0 Å². The highest BCUT2D eigenvalue weighted by atomic mass is 19.4. The molecule has 112 valence electrons. The van der Waals surface area contributed by atoms with Gasteiger partial charge >= 0.3 is 6.18 Å². The van der Waals surface area contributed by atoms with Crippen LogP contribution in [0.4, 0.5) is 13.2 Å². The molecule has 0 aromatic carbocycles. The molecule has 0 spiro atoms. The highest BCUT2D eigenvalue weighted by Gasteiger charge is 2.29. The third kappa shape index (κ3) is 7.00. The fourth-order valence-corrected chi connectivity index (χ4v) is 1.45. The number of carbonyl (C=O) groups is 2. The standard InChI is InChI=1S/C11H20F3N3O2/c1-7(9(18)15-3)5-17(4)8(2)10(19)16-6-11(12,13)14/h7-8H,5-6H2,1-4H3,(H,15,18)(H,16,19)/t7-,8+/m0/s1. The van der Waals surface area contributed by atoms with E-state index in [0.717, 1.165) is 0 Å². The number of likely N-dealkylation sites (N-methyl/N-ethyl adjacent to an activating group) is 1. The molecule has 0 saturated carbocycles. The van der Waals surface area contributed by atoms with E-state index in [4.69, 9.17) is 0 Å². The van der Waals surface area contributed by atoms with Gasteiger partial charge in [-0.25, -0.2) is 0 Å². The summed E-state index contributed by atoms with van der Waals surface area (Å²) in [6, 6.07) is -0.741. The molecule has 0 heterocycles. The number of rotatable bonds is 6. The van der Waals surface area contributed by atoms with Crippen LogP contribution in [0.1, 0.15) is 13.8 Å². The van der Waals surface area contributed by atoms with Crippen LogP contribution < -0.4 is 10.6 Å². The van der Waals surface area contributed by atoms with Crippen molar-refractivity contribution in [2.45, 2.75) is 26.1 Å². The van der Waals surface area contributed by atoms with E-state index in [1.54, 1.807) is 14.0 Å². The molecular weight excluding hydrogens is 263 g/mol. The average molecular weight is 283 g/mol. The van der Waals surface area contributed by atoms with Crippen molar-refractivity contribution in [3.05, 3.63) is 0 Å². The fourth-order valence-electron chi connectivity index (χ4n) is 1.45. The summed E-state index contributed by atoms with van der Waals surface area (Å²) >= 11 is 0. The van der Waals surface area contributed by atoms with Crippen molar-refractivity contribution in [3.8, 4) is 0 Å². The second-order valence-electron chi connectivity index (χ2n) is 4.46. The van der Waals surface area contributed by atoms with Gasteiger partial charge in [0.25, 0.3) is 0 Å². The maximum absolute atomic E-state index is 12.0. The van der Waals surface area contributed by atoms with Crippen LogP contribution in [0.5, 0.6) is 0 Å². The zero-order valence-corrected chi connectivity index (χ0v) is 11.5. The summed E-state index contributed by atoms with van der Waals surface area (Å²) in [4.78, 5) is 24.3. The predicted molar refractivity (Wildman–Crippen MR) is 64.4 cm³/mol. The fraction of sp³-hybridized carbons (Fsp3) is 0.818. The zero-order valence-electron chi connectivity index (χ0n) is 11.5. The van der Waals surface area contributed by atoms with Crippen LogP contribution in [0.2, 0.25) is 0 Å². The van der Waals surface area contributed by atoms with Crippen LogP contribution in [0.25, 0.3) is 0 Å². The summed E-state index contributed by atoms with van der Waals surface area (Å²) in [6.45, 7) is 2.09. The zero-order chi connectivity index (χ0) is 15.2. The summed E-state index contributed by atoms with van der Waals surface area (Å²) in [6.07, 6.45) is -4.43.